The van der Waals surface area contributed by atoms with Crippen molar-refractivity contribution in [1.82, 2.24) is 4.57 Å². The molecule has 0 N–H and O–H groups in total. The fraction of sp³-hybridized carbons (Fsp3) is 0.0667. The van der Waals surface area contributed by atoms with Crippen molar-refractivity contribution in [2.75, 3.05) is 0 Å². The number of hydrogen-bond donors (Lipinski definition) is 0. The number of nitrogens with zero attached hydrogens (tertiary/aromatic N) is 1. The smallest absolute Gasteiger partial charge is 0.140 e. The highest BCUT2D eigenvalue weighted by atomic mass is 16.3. The van der Waals surface area contributed by atoms with Gasteiger partial charge in [0.2, 0.25) is 0 Å². The van der Waals surface area contributed by atoms with Crippen LogP contribution in [0.3, 0.4) is 0 Å². The third-order valence-corrected chi connectivity index (χ3v) is 10.4. The Bertz CT molecular complexity index is 2590. The van der Waals surface area contributed by atoms with Gasteiger partial charge in [0.1, 0.15) is 11.2 Å². The van der Waals surface area contributed by atoms with Crippen molar-refractivity contribution in [1.29, 1.82) is 0 Å². The SMILES string of the molecule is CC1(C)c2cc(-n3c4ccc(-c5ccccc5)cc4c4cc(-c5ccccc5)ccc43)ccc2-c2ccc3c(oc4ccccc43)c21. The molecule has 0 radical (unpaired) electrons. The molecule has 0 saturated heterocycles. The van der Waals surface area contributed by atoms with Crippen LogP contribution in [0.15, 0.2) is 156 Å². The van der Waals surface area contributed by atoms with E-state index in [4.69, 9.17) is 4.42 Å². The van der Waals surface area contributed by atoms with Crippen LogP contribution in [0.1, 0.15) is 25.0 Å². The van der Waals surface area contributed by atoms with Crippen LogP contribution in [0.5, 0.6) is 0 Å². The molecule has 7 aromatic carbocycles. The molecule has 0 saturated carbocycles. The molecule has 47 heavy (non-hydrogen) atoms. The third-order valence-electron chi connectivity index (χ3n) is 10.4. The molecule has 0 fully saturated rings. The highest BCUT2D eigenvalue weighted by Crippen LogP contribution is 2.53. The lowest BCUT2D eigenvalue weighted by Crippen LogP contribution is -2.15. The lowest BCUT2D eigenvalue weighted by atomic mass is 9.81. The van der Waals surface area contributed by atoms with E-state index < -0.39 is 0 Å². The topological polar surface area (TPSA) is 18.1 Å². The molecule has 0 atom stereocenters. The minimum absolute atomic E-state index is 0.228. The molecule has 0 aliphatic heterocycles. The van der Waals surface area contributed by atoms with Crippen molar-refractivity contribution in [3.05, 3.63) is 163 Å². The first-order valence-electron chi connectivity index (χ1n) is 16.4. The second-order valence-electron chi connectivity index (χ2n) is 13.3. The lowest BCUT2D eigenvalue weighted by molar-refractivity contribution is 0.619. The van der Waals surface area contributed by atoms with E-state index in [-0.39, 0.29) is 5.41 Å². The van der Waals surface area contributed by atoms with E-state index in [1.54, 1.807) is 0 Å². The van der Waals surface area contributed by atoms with E-state index in [0.29, 0.717) is 0 Å². The lowest BCUT2D eigenvalue weighted by Gasteiger charge is -2.22. The van der Waals surface area contributed by atoms with Gasteiger partial charge in [-0.2, -0.15) is 0 Å². The Morgan fingerprint density at radius 1 is 0.468 bits per heavy atom. The molecular weight excluding hydrogens is 571 g/mol. The van der Waals surface area contributed by atoms with E-state index in [1.165, 1.54) is 82.8 Å². The molecule has 0 spiro atoms. The second-order valence-corrected chi connectivity index (χ2v) is 13.3. The molecule has 0 amide bonds. The summed E-state index contributed by atoms with van der Waals surface area (Å²) in [5.41, 5.74) is 15.4. The molecule has 222 valence electrons. The number of fused-ring (bicyclic) bond motifs is 10. The van der Waals surface area contributed by atoms with Crippen LogP contribution in [0.4, 0.5) is 0 Å². The van der Waals surface area contributed by atoms with Gasteiger partial charge in [0.05, 0.1) is 11.0 Å². The van der Waals surface area contributed by atoms with Crippen molar-refractivity contribution in [3.8, 4) is 39.1 Å². The average Bonchev–Trinajstić information content (AvgIpc) is 3.73. The summed E-state index contributed by atoms with van der Waals surface area (Å²) in [7, 11) is 0. The summed E-state index contributed by atoms with van der Waals surface area (Å²) in [6.45, 7) is 4.69. The number of hydrogen-bond acceptors (Lipinski definition) is 1. The normalized spacial score (nSPS) is 13.5. The van der Waals surface area contributed by atoms with Gasteiger partial charge in [-0.1, -0.05) is 117 Å². The highest BCUT2D eigenvalue weighted by molar-refractivity contribution is 6.12. The molecule has 1 aliphatic rings. The van der Waals surface area contributed by atoms with Crippen molar-refractivity contribution in [3.63, 3.8) is 0 Å². The standard InChI is InChI=1S/C45H31NO/c1-45(2)39-27-32(19-20-33(39)35-21-22-36-34-15-9-10-16-42(34)47-44(36)43(35)45)46-40-23-17-30(28-11-5-3-6-12-28)25-37(40)38-26-31(18-24-41(38)46)29-13-7-4-8-14-29/h3-27H,1-2H3. The fourth-order valence-corrected chi connectivity index (χ4v) is 8.11. The molecule has 0 bridgehead atoms. The molecule has 2 heteroatoms. The van der Waals surface area contributed by atoms with Crippen LogP contribution in [0.2, 0.25) is 0 Å². The van der Waals surface area contributed by atoms with E-state index in [9.17, 15) is 0 Å². The quantitative estimate of drug-likeness (QED) is 0.197. The zero-order valence-corrected chi connectivity index (χ0v) is 26.3. The Labute approximate surface area is 273 Å². The molecule has 9 aromatic rings. The highest BCUT2D eigenvalue weighted by Gasteiger charge is 2.39. The summed E-state index contributed by atoms with van der Waals surface area (Å²) >= 11 is 0. The Balaban J connectivity index is 1.20. The van der Waals surface area contributed by atoms with Gasteiger partial charge in [-0.15, -0.1) is 0 Å². The predicted octanol–water partition coefficient (Wildman–Crippen LogP) is 12.3. The number of furan rings is 1. The minimum atomic E-state index is -0.228. The zero-order valence-electron chi connectivity index (χ0n) is 26.3. The summed E-state index contributed by atoms with van der Waals surface area (Å²) in [6, 6.07) is 55.1. The molecule has 0 unspecified atom stereocenters. The Kier molecular flexibility index (Phi) is 5.37. The van der Waals surface area contributed by atoms with Crippen molar-refractivity contribution in [2.24, 2.45) is 0 Å². The van der Waals surface area contributed by atoms with Crippen molar-refractivity contribution in [2.45, 2.75) is 19.3 Å². The maximum Gasteiger partial charge on any atom is 0.140 e. The van der Waals surface area contributed by atoms with Crippen LogP contribution in [0, 0.1) is 0 Å². The van der Waals surface area contributed by atoms with Gasteiger partial charge in [0.25, 0.3) is 0 Å². The third kappa shape index (κ3) is 3.73. The minimum Gasteiger partial charge on any atom is -0.456 e. The summed E-state index contributed by atoms with van der Waals surface area (Å²) in [5, 5.41) is 4.87. The van der Waals surface area contributed by atoms with Gasteiger partial charge in [-0.25, -0.2) is 0 Å². The number of aromatic nitrogens is 1. The molecule has 10 rings (SSSR count). The van der Waals surface area contributed by atoms with Gasteiger partial charge < -0.3 is 8.98 Å². The second kappa shape index (κ2) is 9.57. The first-order valence-corrected chi connectivity index (χ1v) is 16.4. The van der Waals surface area contributed by atoms with E-state index in [0.717, 1.165) is 11.2 Å². The van der Waals surface area contributed by atoms with Gasteiger partial charge >= 0.3 is 0 Å². The van der Waals surface area contributed by atoms with Gasteiger partial charge in [-0.05, 0) is 87.5 Å². The van der Waals surface area contributed by atoms with Crippen LogP contribution in [-0.4, -0.2) is 4.57 Å². The van der Waals surface area contributed by atoms with E-state index >= 15 is 0 Å². The monoisotopic (exact) mass is 601 g/mol. The average molecular weight is 602 g/mol. The fourth-order valence-electron chi connectivity index (χ4n) is 8.11. The summed E-state index contributed by atoms with van der Waals surface area (Å²) in [5.74, 6) is 0. The molecule has 2 heterocycles. The maximum atomic E-state index is 6.57. The summed E-state index contributed by atoms with van der Waals surface area (Å²) < 4.78 is 9.02. The van der Waals surface area contributed by atoms with Crippen molar-refractivity contribution < 1.29 is 4.42 Å². The largest absolute Gasteiger partial charge is 0.456 e. The molecular formula is C45H31NO. The predicted molar refractivity (Wildman–Crippen MR) is 196 cm³/mol. The first kappa shape index (κ1) is 26.4. The van der Waals surface area contributed by atoms with Crippen molar-refractivity contribution >= 4 is 43.7 Å². The summed E-state index contributed by atoms with van der Waals surface area (Å²) in [6.07, 6.45) is 0. The van der Waals surface area contributed by atoms with Gasteiger partial charge in [-0.3, -0.25) is 0 Å². The molecule has 1 aliphatic carbocycles. The van der Waals surface area contributed by atoms with Crippen LogP contribution >= 0.6 is 0 Å². The Morgan fingerprint density at radius 3 is 1.72 bits per heavy atom. The van der Waals surface area contributed by atoms with Gasteiger partial charge in [0.15, 0.2) is 0 Å². The molecule has 2 aromatic heterocycles. The number of benzene rings is 7. The maximum absolute atomic E-state index is 6.57. The number of para-hydroxylation sites is 1. The molecule has 2 nitrogen and oxygen atoms in total. The Hall–Kier alpha value is -5.86. The van der Waals surface area contributed by atoms with Crippen LogP contribution in [-0.2, 0) is 5.41 Å². The van der Waals surface area contributed by atoms with Gasteiger partial charge in [0, 0.05) is 38.2 Å². The number of rotatable bonds is 3. The first-order chi connectivity index (χ1) is 23.1. The van der Waals surface area contributed by atoms with Crippen LogP contribution < -0.4 is 0 Å². The van der Waals surface area contributed by atoms with E-state index in [2.05, 4.69) is 170 Å². The van der Waals surface area contributed by atoms with Crippen LogP contribution in [0.25, 0.3) is 82.8 Å². The summed E-state index contributed by atoms with van der Waals surface area (Å²) in [4.78, 5) is 0. The zero-order chi connectivity index (χ0) is 31.3. The Morgan fingerprint density at radius 2 is 1.06 bits per heavy atom. The van der Waals surface area contributed by atoms with E-state index in [1.807, 2.05) is 0 Å².